The van der Waals surface area contributed by atoms with Gasteiger partial charge in [0.25, 0.3) is 5.91 Å². The summed E-state index contributed by atoms with van der Waals surface area (Å²) < 4.78 is 1.92. The number of hydrogen-bond donors (Lipinski definition) is 2. The Labute approximate surface area is 135 Å². The van der Waals surface area contributed by atoms with Gasteiger partial charge in [-0.2, -0.15) is 0 Å². The van der Waals surface area contributed by atoms with E-state index in [1.165, 1.54) is 11.3 Å². The second-order valence-electron chi connectivity index (χ2n) is 5.50. The van der Waals surface area contributed by atoms with Crippen LogP contribution in [-0.2, 0) is 0 Å². The zero-order valence-electron chi connectivity index (χ0n) is 11.7. The lowest BCUT2D eigenvalue weighted by Crippen LogP contribution is -2.30. The van der Waals surface area contributed by atoms with E-state index in [1.807, 2.05) is 18.2 Å². The fourth-order valence-electron chi connectivity index (χ4n) is 2.80. The molecule has 0 radical (unpaired) electrons. The van der Waals surface area contributed by atoms with Crippen molar-refractivity contribution < 1.29 is 9.90 Å². The minimum Gasteiger partial charge on any atom is -0.397 e. The number of carbonyl (C=O) groups excluding carboxylic acids is 1. The summed E-state index contributed by atoms with van der Waals surface area (Å²) in [7, 11) is 0. The lowest BCUT2D eigenvalue weighted by atomic mass is 10.0. The number of carbonyl (C=O) groups is 1. The van der Waals surface area contributed by atoms with Gasteiger partial charge < -0.3 is 15.7 Å². The van der Waals surface area contributed by atoms with Crippen molar-refractivity contribution in [3.63, 3.8) is 0 Å². The minimum atomic E-state index is -0.378. The lowest BCUT2D eigenvalue weighted by Gasteiger charge is -2.17. The number of thiophene rings is 1. The molecule has 3 N–H and O–H groups in total. The monoisotopic (exact) mass is 368 g/mol. The molecule has 2 atom stereocenters. The summed E-state index contributed by atoms with van der Waals surface area (Å²) in [6.45, 7) is 3.07. The highest BCUT2D eigenvalue weighted by Crippen LogP contribution is 2.39. The van der Waals surface area contributed by atoms with Crippen molar-refractivity contribution in [1.29, 1.82) is 0 Å². The van der Waals surface area contributed by atoms with E-state index in [0.717, 1.165) is 21.0 Å². The zero-order chi connectivity index (χ0) is 15.1. The Morgan fingerprint density at radius 3 is 2.95 bits per heavy atom. The van der Waals surface area contributed by atoms with Crippen molar-refractivity contribution >= 4 is 48.9 Å². The van der Waals surface area contributed by atoms with Gasteiger partial charge in [-0.3, -0.25) is 4.79 Å². The van der Waals surface area contributed by atoms with E-state index in [9.17, 15) is 9.90 Å². The summed E-state index contributed by atoms with van der Waals surface area (Å²) in [5, 5.41) is 10.6. The maximum atomic E-state index is 12.7. The summed E-state index contributed by atoms with van der Waals surface area (Å²) in [4.78, 5) is 15.1. The molecule has 112 valence electrons. The van der Waals surface area contributed by atoms with Gasteiger partial charge in [0.15, 0.2) is 0 Å². The molecule has 0 spiro atoms. The highest BCUT2D eigenvalue weighted by atomic mass is 79.9. The number of hydrogen-bond acceptors (Lipinski definition) is 4. The summed E-state index contributed by atoms with van der Waals surface area (Å²) >= 11 is 4.92. The normalized spacial score (nSPS) is 20.1. The minimum absolute atomic E-state index is 0.0243. The van der Waals surface area contributed by atoms with Gasteiger partial charge in [0.2, 0.25) is 0 Å². The predicted octanol–water partition coefficient (Wildman–Crippen LogP) is 3.09. The first kappa shape index (κ1) is 14.8. The first-order valence-corrected chi connectivity index (χ1v) is 8.53. The van der Waals surface area contributed by atoms with Crippen molar-refractivity contribution in [3.8, 4) is 0 Å². The van der Waals surface area contributed by atoms with E-state index >= 15 is 0 Å². The smallest absolute Gasteiger partial charge is 0.266 e. The van der Waals surface area contributed by atoms with Gasteiger partial charge in [-0.1, -0.05) is 22.0 Å². The van der Waals surface area contributed by atoms with Gasteiger partial charge in [0.1, 0.15) is 4.88 Å². The highest BCUT2D eigenvalue weighted by molar-refractivity contribution is 9.10. The Hall–Kier alpha value is -1.11. The van der Waals surface area contributed by atoms with E-state index in [-0.39, 0.29) is 17.9 Å². The summed E-state index contributed by atoms with van der Waals surface area (Å²) in [5.74, 6) is 0.139. The number of likely N-dealkylation sites (tertiary alicyclic amines) is 1. The van der Waals surface area contributed by atoms with Crippen LogP contribution >= 0.6 is 27.3 Å². The fourth-order valence-corrected chi connectivity index (χ4v) is 4.63. The maximum Gasteiger partial charge on any atom is 0.266 e. The number of benzene rings is 1. The van der Waals surface area contributed by atoms with Gasteiger partial charge in [-0.25, -0.2) is 0 Å². The molecule has 1 aliphatic rings. The third-order valence-electron chi connectivity index (χ3n) is 4.09. The molecule has 2 aromatic rings. The molecule has 1 saturated heterocycles. The predicted molar refractivity (Wildman–Crippen MR) is 89.6 cm³/mol. The van der Waals surface area contributed by atoms with Gasteiger partial charge >= 0.3 is 0 Å². The number of nitrogens with two attached hydrogens (primary N) is 1. The number of nitrogen functional groups attached to an aromatic ring is 1. The van der Waals surface area contributed by atoms with E-state index < -0.39 is 0 Å². The standard InChI is InChI=1S/C15H17BrN2O2S/c1-8(19)9-5-6-18(7-9)15(20)14-13(17)12-10(16)3-2-4-11(12)21-14/h2-4,8-9,19H,5-7,17H2,1H3. The second kappa shape index (κ2) is 5.59. The summed E-state index contributed by atoms with van der Waals surface area (Å²) in [6, 6.07) is 5.84. The first-order valence-electron chi connectivity index (χ1n) is 6.93. The molecule has 1 amide bonds. The van der Waals surface area contributed by atoms with Crippen LogP contribution in [0.1, 0.15) is 23.0 Å². The molecule has 3 rings (SSSR count). The van der Waals surface area contributed by atoms with Crippen molar-refractivity contribution in [2.75, 3.05) is 18.8 Å². The second-order valence-corrected chi connectivity index (χ2v) is 7.40. The molecule has 1 aromatic heterocycles. The molecular weight excluding hydrogens is 352 g/mol. The number of aliphatic hydroxyl groups excluding tert-OH is 1. The van der Waals surface area contributed by atoms with Crippen LogP contribution in [0.4, 0.5) is 5.69 Å². The molecule has 0 bridgehead atoms. The van der Waals surface area contributed by atoms with Crippen LogP contribution in [0, 0.1) is 5.92 Å². The van der Waals surface area contributed by atoms with E-state index in [4.69, 9.17) is 5.73 Å². The Morgan fingerprint density at radius 1 is 1.57 bits per heavy atom. The number of nitrogens with zero attached hydrogens (tertiary/aromatic N) is 1. The highest BCUT2D eigenvalue weighted by Gasteiger charge is 2.31. The largest absolute Gasteiger partial charge is 0.397 e. The topological polar surface area (TPSA) is 66.6 Å². The Kier molecular flexibility index (Phi) is 3.94. The molecule has 1 aromatic carbocycles. The van der Waals surface area contributed by atoms with Gasteiger partial charge in [0, 0.05) is 33.6 Å². The first-order chi connectivity index (χ1) is 9.99. The maximum absolute atomic E-state index is 12.7. The zero-order valence-corrected chi connectivity index (χ0v) is 14.1. The van der Waals surface area contributed by atoms with E-state index in [0.29, 0.717) is 23.7 Å². The Bertz CT molecular complexity index is 698. The third kappa shape index (κ3) is 2.56. The van der Waals surface area contributed by atoms with Gasteiger partial charge in [-0.05, 0) is 25.5 Å². The Morgan fingerprint density at radius 2 is 2.33 bits per heavy atom. The molecule has 1 aliphatic heterocycles. The third-order valence-corrected chi connectivity index (χ3v) is 5.91. The van der Waals surface area contributed by atoms with Gasteiger partial charge in [0.05, 0.1) is 11.8 Å². The number of halogens is 1. The van der Waals surface area contributed by atoms with Crippen LogP contribution in [0.2, 0.25) is 0 Å². The number of aliphatic hydroxyl groups is 1. The van der Waals surface area contributed by atoms with Crippen molar-refractivity contribution in [2.45, 2.75) is 19.4 Å². The molecule has 2 unspecified atom stereocenters. The van der Waals surface area contributed by atoms with Crippen LogP contribution in [0.25, 0.3) is 10.1 Å². The number of fused-ring (bicyclic) bond motifs is 1. The summed E-state index contributed by atoms with van der Waals surface area (Å²) in [6.07, 6.45) is 0.467. The van der Waals surface area contributed by atoms with Crippen LogP contribution in [0.15, 0.2) is 22.7 Å². The fraction of sp³-hybridized carbons (Fsp3) is 0.400. The Balaban J connectivity index is 1.93. The molecule has 6 heteroatoms. The molecule has 21 heavy (non-hydrogen) atoms. The van der Waals surface area contributed by atoms with E-state index in [2.05, 4.69) is 15.9 Å². The molecule has 0 aliphatic carbocycles. The number of anilines is 1. The van der Waals surface area contributed by atoms with Crippen molar-refractivity contribution in [2.24, 2.45) is 5.92 Å². The van der Waals surface area contributed by atoms with Crippen molar-refractivity contribution in [1.82, 2.24) is 4.90 Å². The quantitative estimate of drug-likeness (QED) is 0.855. The molecule has 0 saturated carbocycles. The van der Waals surface area contributed by atoms with Crippen LogP contribution in [-0.4, -0.2) is 35.1 Å². The molecule has 2 heterocycles. The van der Waals surface area contributed by atoms with Crippen LogP contribution in [0.3, 0.4) is 0 Å². The van der Waals surface area contributed by atoms with Crippen LogP contribution < -0.4 is 5.73 Å². The molecule has 4 nitrogen and oxygen atoms in total. The van der Waals surface area contributed by atoms with Crippen molar-refractivity contribution in [3.05, 3.63) is 27.5 Å². The summed E-state index contributed by atoms with van der Waals surface area (Å²) in [5.41, 5.74) is 6.74. The average Bonchev–Trinajstić information content (AvgIpc) is 3.04. The number of amides is 1. The van der Waals surface area contributed by atoms with Crippen LogP contribution in [0.5, 0.6) is 0 Å². The molecule has 1 fully saturated rings. The SMILES string of the molecule is CC(O)C1CCN(C(=O)c2sc3cccc(Br)c3c2N)C1. The lowest BCUT2D eigenvalue weighted by molar-refractivity contribution is 0.0768. The van der Waals surface area contributed by atoms with E-state index in [1.54, 1.807) is 11.8 Å². The number of rotatable bonds is 2. The van der Waals surface area contributed by atoms with Gasteiger partial charge in [-0.15, -0.1) is 11.3 Å². The molecular formula is C15H17BrN2O2S. The average molecular weight is 369 g/mol.